The van der Waals surface area contributed by atoms with E-state index in [9.17, 15) is 14.4 Å². The van der Waals surface area contributed by atoms with Gasteiger partial charge in [0.05, 0.1) is 10.9 Å². The Labute approximate surface area is 183 Å². The first-order chi connectivity index (χ1) is 15.2. The van der Waals surface area contributed by atoms with E-state index in [-0.39, 0.29) is 28.4 Å². The zero-order chi connectivity index (χ0) is 23.2. The largest absolute Gasteiger partial charge is 0.440 e. The van der Waals surface area contributed by atoms with Crippen molar-refractivity contribution in [3.63, 3.8) is 0 Å². The van der Waals surface area contributed by atoms with Crippen LogP contribution in [-0.4, -0.2) is 25.4 Å². The van der Waals surface area contributed by atoms with E-state index in [1.807, 2.05) is 27.7 Å². The van der Waals surface area contributed by atoms with Gasteiger partial charge >= 0.3 is 5.69 Å². The minimum Gasteiger partial charge on any atom is -0.440 e. The zero-order valence-corrected chi connectivity index (χ0v) is 18.6. The molecule has 0 bridgehead atoms. The Bertz CT molecular complexity index is 1460. The number of benzene rings is 1. The lowest BCUT2D eigenvalue weighted by Gasteiger charge is -2.14. The molecule has 0 saturated heterocycles. The van der Waals surface area contributed by atoms with Crippen molar-refractivity contribution in [2.45, 2.75) is 53.0 Å². The molecule has 0 spiro atoms. The van der Waals surface area contributed by atoms with Crippen molar-refractivity contribution in [2.75, 3.05) is 5.32 Å². The molecule has 0 fully saturated rings. The third-order valence-corrected chi connectivity index (χ3v) is 5.28. The normalized spacial score (nSPS) is 11.7. The number of H-pyrrole nitrogens is 1. The van der Waals surface area contributed by atoms with Crippen LogP contribution in [0.2, 0.25) is 0 Å². The number of oxazole rings is 1. The summed E-state index contributed by atoms with van der Waals surface area (Å²) in [5.74, 6) is 0.278. The van der Waals surface area contributed by atoms with Crippen LogP contribution in [0.25, 0.3) is 22.1 Å². The van der Waals surface area contributed by atoms with Gasteiger partial charge in [0.25, 0.3) is 11.5 Å². The Kier molecular flexibility index (Phi) is 5.41. The molecule has 2 N–H and O–H groups in total. The molecular formula is C23H25N5O4. The molecule has 1 aromatic carbocycles. The van der Waals surface area contributed by atoms with Crippen LogP contribution in [0.4, 0.5) is 5.69 Å². The molecule has 3 heterocycles. The molecule has 0 atom stereocenters. The van der Waals surface area contributed by atoms with Crippen molar-refractivity contribution in [3.05, 3.63) is 62.3 Å². The van der Waals surface area contributed by atoms with Gasteiger partial charge in [0.2, 0.25) is 0 Å². The first-order valence-electron chi connectivity index (χ1n) is 10.6. The second-order valence-electron chi connectivity index (χ2n) is 8.29. The van der Waals surface area contributed by atoms with Gasteiger partial charge in [-0.15, -0.1) is 0 Å². The fourth-order valence-corrected chi connectivity index (χ4v) is 3.53. The van der Waals surface area contributed by atoms with Crippen LogP contribution in [0.1, 0.15) is 68.4 Å². The number of rotatable bonds is 5. The minimum atomic E-state index is -0.642. The predicted molar refractivity (Wildman–Crippen MR) is 122 cm³/mol. The van der Waals surface area contributed by atoms with Crippen LogP contribution in [0, 0.1) is 0 Å². The van der Waals surface area contributed by atoms with E-state index in [1.54, 1.807) is 31.2 Å². The van der Waals surface area contributed by atoms with E-state index in [0.29, 0.717) is 34.9 Å². The summed E-state index contributed by atoms with van der Waals surface area (Å²) in [6.07, 6.45) is 0. The molecule has 4 rings (SSSR count). The van der Waals surface area contributed by atoms with E-state index in [4.69, 9.17) is 4.42 Å². The Morgan fingerprint density at radius 3 is 2.53 bits per heavy atom. The van der Waals surface area contributed by atoms with E-state index < -0.39 is 17.2 Å². The third kappa shape index (κ3) is 3.70. The summed E-state index contributed by atoms with van der Waals surface area (Å²) in [6.45, 7) is 9.93. The lowest BCUT2D eigenvalue weighted by atomic mass is 10.0. The molecule has 32 heavy (non-hydrogen) atoms. The summed E-state index contributed by atoms with van der Waals surface area (Å²) in [5, 5.41) is 2.92. The average molecular weight is 435 g/mol. The van der Waals surface area contributed by atoms with Gasteiger partial charge in [-0.25, -0.2) is 14.8 Å². The highest BCUT2D eigenvalue weighted by atomic mass is 16.3. The van der Waals surface area contributed by atoms with Crippen LogP contribution in [-0.2, 0) is 6.54 Å². The van der Waals surface area contributed by atoms with Gasteiger partial charge in [-0.3, -0.25) is 19.1 Å². The van der Waals surface area contributed by atoms with E-state index in [1.165, 1.54) is 4.57 Å². The number of aromatic nitrogens is 4. The second kappa shape index (κ2) is 8.07. The summed E-state index contributed by atoms with van der Waals surface area (Å²) >= 11 is 0. The van der Waals surface area contributed by atoms with Gasteiger partial charge in [-0.05, 0) is 37.1 Å². The highest BCUT2D eigenvalue weighted by Gasteiger charge is 2.20. The molecule has 4 aromatic rings. The molecule has 3 aromatic heterocycles. The highest BCUT2D eigenvalue weighted by molar-refractivity contribution is 6.12. The maximum absolute atomic E-state index is 13.3. The number of aromatic amines is 1. The number of pyridine rings is 1. The number of nitrogens with one attached hydrogen (secondary N) is 2. The summed E-state index contributed by atoms with van der Waals surface area (Å²) < 4.78 is 7.07. The number of carbonyl (C=O) groups is 1. The first-order valence-corrected chi connectivity index (χ1v) is 10.6. The molecule has 0 aliphatic rings. The highest BCUT2D eigenvalue weighted by Crippen LogP contribution is 2.25. The molecule has 9 nitrogen and oxygen atoms in total. The zero-order valence-electron chi connectivity index (χ0n) is 18.6. The van der Waals surface area contributed by atoms with Crippen LogP contribution in [0.15, 0.2) is 38.3 Å². The number of aryl methyl sites for hydroxylation is 1. The van der Waals surface area contributed by atoms with Gasteiger partial charge < -0.3 is 9.73 Å². The average Bonchev–Trinajstić information content (AvgIpc) is 3.17. The quantitative estimate of drug-likeness (QED) is 0.492. The number of carbonyl (C=O) groups excluding carboxylic acids is 1. The Balaban J connectivity index is 1.83. The van der Waals surface area contributed by atoms with E-state index >= 15 is 0 Å². The summed E-state index contributed by atoms with van der Waals surface area (Å²) in [6, 6.07) is 6.79. The fraction of sp³-hybridized carbons (Fsp3) is 0.348. The van der Waals surface area contributed by atoms with Gasteiger partial charge in [0.15, 0.2) is 17.1 Å². The van der Waals surface area contributed by atoms with Crippen molar-refractivity contribution >= 4 is 33.7 Å². The molecular weight excluding hydrogens is 410 g/mol. The van der Waals surface area contributed by atoms with Crippen LogP contribution < -0.4 is 16.6 Å². The van der Waals surface area contributed by atoms with Gasteiger partial charge in [-0.1, -0.05) is 27.7 Å². The predicted octanol–water partition coefficient (Wildman–Crippen LogP) is 3.75. The molecule has 166 valence electrons. The smallest absolute Gasteiger partial charge is 0.329 e. The Morgan fingerprint density at radius 2 is 1.88 bits per heavy atom. The lowest BCUT2D eigenvalue weighted by Crippen LogP contribution is -2.32. The molecule has 0 saturated carbocycles. The third-order valence-electron chi connectivity index (χ3n) is 5.28. The van der Waals surface area contributed by atoms with E-state index in [2.05, 4.69) is 20.3 Å². The molecule has 0 radical (unpaired) electrons. The number of amides is 1. The summed E-state index contributed by atoms with van der Waals surface area (Å²) in [7, 11) is 0. The fourth-order valence-electron chi connectivity index (χ4n) is 3.53. The topological polar surface area (TPSA) is 123 Å². The van der Waals surface area contributed by atoms with Crippen molar-refractivity contribution in [1.82, 2.24) is 19.5 Å². The van der Waals surface area contributed by atoms with Gasteiger partial charge in [0.1, 0.15) is 5.52 Å². The van der Waals surface area contributed by atoms with Gasteiger partial charge in [-0.2, -0.15) is 0 Å². The monoisotopic (exact) mass is 435 g/mol. The van der Waals surface area contributed by atoms with E-state index in [0.717, 1.165) is 0 Å². The summed E-state index contributed by atoms with van der Waals surface area (Å²) in [5.41, 5.74) is 1.55. The molecule has 1 amide bonds. The van der Waals surface area contributed by atoms with Crippen molar-refractivity contribution in [2.24, 2.45) is 0 Å². The number of fused-ring (bicyclic) bond motifs is 2. The maximum atomic E-state index is 13.3. The minimum absolute atomic E-state index is 0.00780. The Morgan fingerprint density at radius 1 is 1.12 bits per heavy atom. The van der Waals surface area contributed by atoms with Crippen molar-refractivity contribution in [3.8, 4) is 0 Å². The molecule has 9 heteroatoms. The molecule has 0 aliphatic heterocycles. The lowest BCUT2D eigenvalue weighted by molar-refractivity contribution is 0.102. The molecule has 0 aliphatic carbocycles. The maximum Gasteiger partial charge on any atom is 0.329 e. The van der Waals surface area contributed by atoms with Gasteiger partial charge in [0, 0.05) is 23.8 Å². The van der Waals surface area contributed by atoms with Crippen molar-refractivity contribution in [1.29, 1.82) is 0 Å². The second-order valence-corrected chi connectivity index (χ2v) is 8.29. The number of anilines is 1. The Hall–Kier alpha value is -3.75. The number of nitrogens with zero attached hydrogens (tertiary/aromatic N) is 3. The van der Waals surface area contributed by atoms with Crippen LogP contribution in [0.3, 0.4) is 0 Å². The SMILES string of the molecule is CCn1c(=O)[nH]c(=O)c2c(C(=O)Nc3ccc4oc(C(C)C)nc4c3)cc(C(C)C)nc21. The number of hydrogen-bond acceptors (Lipinski definition) is 6. The van der Waals surface area contributed by atoms with Crippen LogP contribution >= 0.6 is 0 Å². The first kappa shape index (κ1) is 21.5. The standard InChI is InChI=1S/C23H25N5O4/c1-6-28-19-18(21(30)27-23(28)31)14(10-15(25-19)11(2)3)20(29)24-13-7-8-17-16(9-13)26-22(32-17)12(4)5/h7-12H,6H2,1-5H3,(H,24,29)(H,27,30,31). The number of hydrogen-bond donors (Lipinski definition) is 2. The van der Waals surface area contributed by atoms with Crippen LogP contribution in [0.5, 0.6) is 0 Å². The molecule has 0 unspecified atom stereocenters. The summed E-state index contributed by atoms with van der Waals surface area (Å²) in [4.78, 5) is 49.5. The van der Waals surface area contributed by atoms with Crippen molar-refractivity contribution < 1.29 is 9.21 Å².